The van der Waals surface area contributed by atoms with Gasteiger partial charge < -0.3 is 20.8 Å². The Morgan fingerprint density at radius 1 is 1.26 bits per heavy atom. The molecule has 3 atom stereocenters. The first-order valence-corrected chi connectivity index (χ1v) is 9.85. The van der Waals surface area contributed by atoms with E-state index in [-0.39, 0.29) is 22.1 Å². The molecule has 1 aromatic carbocycles. The number of aliphatic hydroxyl groups excluding tert-OH is 2. The van der Waals surface area contributed by atoms with Crippen molar-refractivity contribution in [2.75, 3.05) is 5.32 Å². The van der Waals surface area contributed by atoms with Crippen LogP contribution in [0.15, 0.2) is 30.5 Å². The summed E-state index contributed by atoms with van der Waals surface area (Å²) in [4.78, 5) is 16.7. The highest BCUT2D eigenvalue weighted by Crippen LogP contribution is 2.26. The van der Waals surface area contributed by atoms with Crippen LogP contribution in [0.1, 0.15) is 29.6 Å². The fourth-order valence-electron chi connectivity index (χ4n) is 3.01. The first-order valence-electron chi connectivity index (χ1n) is 8.40. The number of carbonyl (C=O) groups excluding carboxylic acids is 1. The molecule has 1 aromatic heterocycles. The van der Waals surface area contributed by atoms with E-state index in [1.807, 2.05) is 22.6 Å². The monoisotopic (exact) mass is 505 g/mol. The van der Waals surface area contributed by atoms with Crippen LogP contribution >= 0.6 is 34.2 Å². The van der Waals surface area contributed by atoms with Crippen molar-refractivity contribution in [1.29, 1.82) is 0 Å². The molecule has 0 unspecified atom stereocenters. The van der Waals surface area contributed by atoms with Crippen molar-refractivity contribution in [3.05, 3.63) is 50.6 Å². The Morgan fingerprint density at radius 3 is 2.78 bits per heavy atom. The molecule has 3 rings (SSSR count). The van der Waals surface area contributed by atoms with Gasteiger partial charge in [-0.05, 0) is 66.1 Å². The van der Waals surface area contributed by atoms with Crippen LogP contribution in [0.5, 0.6) is 0 Å². The van der Waals surface area contributed by atoms with Crippen molar-refractivity contribution >= 4 is 51.5 Å². The molecule has 1 amide bonds. The van der Waals surface area contributed by atoms with Crippen LogP contribution in [0.25, 0.3) is 0 Å². The molecule has 0 spiro atoms. The van der Waals surface area contributed by atoms with E-state index in [1.54, 1.807) is 12.1 Å². The van der Waals surface area contributed by atoms with E-state index >= 15 is 0 Å². The smallest absolute Gasteiger partial charge is 0.253 e. The van der Waals surface area contributed by atoms with Crippen LogP contribution in [0.2, 0.25) is 5.15 Å². The number of anilines is 2. The Kier molecular flexibility index (Phi) is 6.51. The molecule has 144 valence electrons. The number of nitrogens with zero attached hydrogens (tertiary/aromatic N) is 1. The second-order valence-corrected chi connectivity index (χ2v) is 8.00. The number of rotatable bonds is 4. The van der Waals surface area contributed by atoms with Gasteiger partial charge in [-0.1, -0.05) is 11.6 Å². The van der Waals surface area contributed by atoms with E-state index in [9.17, 15) is 19.4 Å². The van der Waals surface area contributed by atoms with Crippen molar-refractivity contribution in [3.8, 4) is 0 Å². The van der Waals surface area contributed by atoms with E-state index in [4.69, 9.17) is 11.6 Å². The van der Waals surface area contributed by atoms with Gasteiger partial charge >= 0.3 is 0 Å². The quantitative estimate of drug-likeness (QED) is 0.378. The first-order chi connectivity index (χ1) is 12.8. The summed E-state index contributed by atoms with van der Waals surface area (Å²) in [6.45, 7) is 0. The topological polar surface area (TPSA) is 94.5 Å². The van der Waals surface area contributed by atoms with Crippen molar-refractivity contribution in [2.45, 2.75) is 37.5 Å². The lowest BCUT2D eigenvalue weighted by Gasteiger charge is -2.32. The Bertz CT molecular complexity index is 855. The number of carbonyl (C=O) groups is 1. The molecule has 1 saturated carbocycles. The Labute approximate surface area is 174 Å². The molecular weight excluding hydrogens is 488 g/mol. The average Bonchev–Trinajstić information content (AvgIpc) is 2.62. The highest BCUT2D eigenvalue weighted by atomic mass is 127. The standard InChI is InChI=1S/C18H18ClFIN3O3/c19-16-7-10(18(27)24-13-2-1-3-15(25)17(13)26)14(8-22-16)23-12-5-4-9(21)6-11(12)20/h4-8,13,15,17,23,25-26H,1-3H2,(H,24,27)/t13-,15-,17+/m1/s1. The SMILES string of the molecule is O=C(N[C@@H]1CCC[C@@H](O)[C@H]1O)c1cc(Cl)ncc1Nc1ccc(I)cc1F. The molecule has 0 radical (unpaired) electrons. The molecule has 4 N–H and O–H groups in total. The average molecular weight is 506 g/mol. The zero-order valence-corrected chi connectivity index (χ0v) is 17.0. The van der Waals surface area contributed by atoms with E-state index in [1.165, 1.54) is 18.3 Å². The summed E-state index contributed by atoms with van der Waals surface area (Å²) in [5.41, 5.74) is 0.643. The van der Waals surface area contributed by atoms with Gasteiger partial charge in [-0.15, -0.1) is 0 Å². The summed E-state index contributed by atoms with van der Waals surface area (Å²) < 4.78 is 14.9. The van der Waals surface area contributed by atoms with Crippen molar-refractivity contribution in [2.24, 2.45) is 0 Å². The summed E-state index contributed by atoms with van der Waals surface area (Å²) in [7, 11) is 0. The molecule has 9 heteroatoms. The molecule has 1 fully saturated rings. The number of amides is 1. The lowest BCUT2D eigenvalue weighted by molar-refractivity contribution is -0.0277. The molecule has 1 aliphatic carbocycles. The molecule has 1 aliphatic rings. The van der Waals surface area contributed by atoms with E-state index in [0.29, 0.717) is 19.3 Å². The lowest BCUT2D eigenvalue weighted by atomic mass is 9.90. The van der Waals surface area contributed by atoms with Crippen LogP contribution in [0.4, 0.5) is 15.8 Å². The van der Waals surface area contributed by atoms with Gasteiger partial charge in [0.1, 0.15) is 11.0 Å². The predicted molar refractivity (Wildman–Crippen MR) is 109 cm³/mol. The largest absolute Gasteiger partial charge is 0.390 e. The number of pyridine rings is 1. The van der Waals surface area contributed by atoms with Gasteiger partial charge in [0.25, 0.3) is 5.91 Å². The minimum absolute atomic E-state index is 0.109. The van der Waals surface area contributed by atoms with Crippen LogP contribution in [-0.4, -0.2) is 39.4 Å². The third-order valence-corrected chi connectivity index (χ3v) is 5.33. The number of benzene rings is 1. The van der Waals surface area contributed by atoms with E-state index in [0.717, 1.165) is 3.57 Å². The molecule has 27 heavy (non-hydrogen) atoms. The van der Waals surface area contributed by atoms with Gasteiger partial charge in [0, 0.05) is 3.57 Å². The van der Waals surface area contributed by atoms with E-state index in [2.05, 4.69) is 15.6 Å². The minimum atomic E-state index is -1.04. The summed E-state index contributed by atoms with van der Waals surface area (Å²) in [6, 6.07) is 5.46. The molecule has 0 saturated heterocycles. The summed E-state index contributed by atoms with van der Waals surface area (Å²) >= 11 is 7.93. The summed E-state index contributed by atoms with van der Waals surface area (Å²) in [5.74, 6) is -0.958. The fraction of sp³-hybridized carbons (Fsp3) is 0.333. The summed E-state index contributed by atoms with van der Waals surface area (Å²) in [6.07, 6.45) is 1.18. The van der Waals surface area contributed by atoms with Crippen molar-refractivity contribution in [3.63, 3.8) is 0 Å². The van der Waals surface area contributed by atoms with Gasteiger partial charge in [-0.25, -0.2) is 9.37 Å². The maximum atomic E-state index is 14.1. The second kappa shape index (κ2) is 8.68. The normalized spacial score (nSPS) is 22.3. The maximum absolute atomic E-state index is 14.1. The van der Waals surface area contributed by atoms with Gasteiger partial charge in [0.05, 0.1) is 41.4 Å². The van der Waals surface area contributed by atoms with Crippen LogP contribution < -0.4 is 10.6 Å². The lowest BCUT2D eigenvalue weighted by Crippen LogP contribution is -2.51. The molecule has 1 heterocycles. The third kappa shape index (κ3) is 4.87. The zero-order valence-electron chi connectivity index (χ0n) is 14.1. The fourth-order valence-corrected chi connectivity index (χ4v) is 3.62. The maximum Gasteiger partial charge on any atom is 0.253 e. The van der Waals surface area contributed by atoms with Crippen molar-refractivity contribution in [1.82, 2.24) is 10.3 Å². The number of halogens is 3. The second-order valence-electron chi connectivity index (χ2n) is 6.37. The number of aromatic nitrogens is 1. The Morgan fingerprint density at radius 2 is 2.04 bits per heavy atom. The van der Waals surface area contributed by atoms with Gasteiger partial charge in [0.2, 0.25) is 0 Å². The van der Waals surface area contributed by atoms with Gasteiger partial charge in [-0.2, -0.15) is 0 Å². The zero-order chi connectivity index (χ0) is 19.6. The highest BCUT2D eigenvalue weighted by molar-refractivity contribution is 14.1. The predicted octanol–water partition coefficient (Wildman–Crippen LogP) is 3.23. The third-order valence-electron chi connectivity index (χ3n) is 4.45. The van der Waals surface area contributed by atoms with Gasteiger partial charge in [0.15, 0.2) is 0 Å². The first kappa shape index (κ1) is 20.2. The van der Waals surface area contributed by atoms with Crippen LogP contribution in [0.3, 0.4) is 0 Å². The number of hydrogen-bond donors (Lipinski definition) is 4. The van der Waals surface area contributed by atoms with Crippen LogP contribution in [-0.2, 0) is 0 Å². The molecular formula is C18H18ClFIN3O3. The van der Waals surface area contributed by atoms with E-state index < -0.39 is 30.0 Å². The van der Waals surface area contributed by atoms with Crippen LogP contribution in [0, 0.1) is 9.39 Å². The number of aliphatic hydroxyl groups is 2. The van der Waals surface area contributed by atoms with Crippen molar-refractivity contribution < 1.29 is 19.4 Å². The molecule has 0 bridgehead atoms. The highest BCUT2D eigenvalue weighted by Gasteiger charge is 2.32. The number of nitrogens with one attached hydrogen (secondary N) is 2. The molecule has 0 aliphatic heterocycles. The number of hydrogen-bond acceptors (Lipinski definition) is 5. The Balaban J connectivity index is 1.84. The molecule has 6 nitrogen and oxygen atoms in total. The molecule has 2 aromatic rings. The van der Waals surface area contributed by atoms with Gasteiger partial charge in [-0.3, -0.25) is 4.79 Å². The minimum Gasteiger partial charge on any atom is -0.390 e. The Hall–Kier alpha value is -1.49. The summed E-state index contributed by atoms with van der Waals surface area (Å²) in [5, 5.41) is 25.6.